The summed E-state index contributed by atoms with van der Waals surface area (Å²) < 4.78 is 0. The lowest BCUT2D eigenvalue weighted by Gasteiger charge is -2.09. The Bertz CT molecular complexity index is 486. The topological polar surface area (TPSA) is 21.3 Å². The minimum absolute atomic E-state index is 0.326. The summed E-state index contributed by atoms with van der Waals surface area (Å²) in [6, 6.07) is 19.2. The summed E-state index contributed by atoms with van der Waals surface area (Å²) in [6.07, 6.45) is 2.41. The van der Waals surface area contributed by atoms with Gasteiger partial charge in [-0.05, 0) is 23.1 Å². The van der Waals surface area contributed by atoms with Crippen LogP contribution in [0.5, 0.6) is 0 Å². The number of hydrogen-bond acceptors (Lipinski definition) is 2. The number of benzene rings is 2. The van der Waals surface area contributed by atoms with Crippen molar-refractivity contribution in [2.24, 2.45) is 0 Å². The number of nitrogens with one attached hydrogen (secondary N) is 1. The highest BCUT2D eigenvalue weighted by atomic mass is 16.7. The summed E-state index contributed by atoms with van der Waals surface area (Å²) in [6.45, 7) is 0.965. The third-order valence-electron chi connectivity index (χ3n) is 3.34. The van der Waals surface area contributed by atoms with Gasteiger partial charge in [0.25, 0.3) is 0 Å². The first-order chi connectivity index (χ1) is 8.92. The largest absolute Gasteiger partial charge is 0.298 e. The second-order valence-electron chi connectivity index (χ2n) is 4.69. The zero-order valence-corrected chi connectivity index (χ0v) is 10.3. The zero-order chi connectivity index (χ0) is 12.2. The maximum atomic E-state index is 5.42. The Balaban J connectivity index is 1.72. The molecule has 0 radical (unpaired) electrons. The van der Waals surface area contributed by atoms with Crippen molar-refractivity contribution in [3.05, 3.63) is 60.2 Å². The molecule has 1 saturated heterocycles. The highest BCUT2D eigenvalue weighted by molar-refractivity contribution is 5.63. The van der Waals surface area contributed by atoms with Gasteiger partial charge in [0.05, 0.1) is 6.10 Å². The molecule has 0 spiro atoms. The highest BCUT2D eigenvalue weighted by Crippen LogP contribution is 2.20. The molecule has 0 bridgehead atoms. The Morgan fingerprint density at radius 3 is 2.33 bits per heavy atom. The minimum Gasteiger partial charge on any atom is -0.298 e. The quantitative estimate of drug-likeness (QED) is 0.888. The first kappa shape index (κ1) is 11.5. The van der Waals surface area contributed by atoms with Crippen molar-refractivity contribution < 1.29 is 4.84 Å². The van der Waals surface area contributed by atoms with Crippen LogP contribution >= 0.6 is 0 Å². The number of hydroxylamine groups is 1. The van der Waals surface area contributed by atoms with E-state index in [9.17, 15) is 0 Å². The molecule has 1 unspecified atom stereocenters. The van der Waals surface area contributed by atoms with E-state index in [2.05, 4.69) is 54.0 Å². The molecule has 92 valence electrons. The summed E-state index contributed by atoms with van der Waals surface area (Å²) in [7, 11) is 0. The summed E-state index contributed by atoms with van der Waals surface area (Å²) in [5, 5.41) is 0. The van der Waals surface area contributed by atoms with Gasteiger partial charge in [0.15, 0.2) is 0 Å². The third-order valence-corrected chi connectivity index (χ3v) is 3.34. The van der Waals surface area contributed by atoms with E-state index in [1.807, 2.05) is 6.07 Å². The second kappa shape index (κ2) is 5.34. The van der Waals surface area contributed by atoms with Crippen LogP contribution < -0.4 is 5.48 Å². The van der Waals surface area contributed by atoms with E-state index in [1.54, 1.807) is 0 Å². The van der Waals surface area contributed by atoms with E-state index in [0.717, 1.165) is 19.4 Å². The molecule has 1 fully saturated rings. The van der Waals surface area contributed by atoms with E-state index in [1.165, 1.54) is 16.7 Å². The molecule has 1 aliphatic heterocycles. The Hall–Kier alpha value is -1.64. The molecule has 1 aliphatic rings. The summed E-state index contributed by atoms with van der Waals surface area (Å²) >= 11 is 0. The van der Waals surface area contributed by atoms with Crippen LogP contribution in [-0.2, 0) is 11.3 Å². The number of hydrogen-bond donors (Lipinski definition) is 1. The Morgan fingerprint density at radius 2 is 1.67 bits per heavy atom. The molecule has 2 aromatic rings. The Kier molecular flexibility index (Phi) is 3.40. The van der Waals surface area contributed by atoms with E-state index in [-0.39, 0.29) is 0 Å². The fraction of sp³-hybridized carbons (Fsp3) is 0.250. The van der Waals surface area contributed by atoms with Crippen LogP contribution in [0.25, 0.3) is 11.1 Å². The Morgan fingerprint density at radius 1 is 0.944 bits per heavy atom. The lowest BCUT2D eigenvalue weighted by atomic mass is 10.0. The van der Waals surface area contributed by atoms with Crippen molar-refractivity contribution in [2.75, 3.05) is 6.54 Å². The van der Waals surface area contributed by atoms with Crippen molar-refractivity contribution in [3.63, 3.8) is 0 Å². The van der Waals surface area contributed by atoms with E-state index < -0.39 is 0 Å². The zero-order valence-electron chi connectivity index (χ0n) is 10.3. The molecular weight excluding hydrogens is 222 g/mol. The van der Waals surface area contributed by atoms with Crippen LogP contribution in [0.4, 0.5) is 0 Å². The molecule has 2 aromatic carbocycles. The molecule has 1 N–H and O–H groups in total. The SMILES string of the molecule is c1ccc(-c2ccc(CC3CCNO3)cc2)cc1. The van der Waals surface area contributed by atoms with E-state index in [0.29, 0.717) is 6.10 Å². The van der Waals surface area contributed by atoms with Gasteiger partial charge in [0, 0.05) is 13.0 Å². The van der Waals surface area contributed by atoms with Crippen molar-refractivity contribution in [1.29, 1.82) is 0 Å². The smallest absolute Gasteiger partial charge is 0.0843 e. The third kappa shape index (κ3) is 2.61. The molecule has 1 atom stereocenters. The van der Waals surface area contributed by atoms with Crippen molar-refractivity contribution in [2.45, 2.75) is 18.9 Å². The predicted octanol–water partition coefficient (Wildman–Crippen LogP) is 3.19. The number of rotatable bonds is 3. The van der Waals surface area contributed by atoms with Gasteiger partial charge in [-0.2, -0.15) is 0 Å². The summed E-state index contributed by atoms with van der Waals surface area (Å²) in [4.78, 5) is 5.42. The van der Waals surface area contributed by atoms with Crippen LogP contribution in [0.3, 0.4) is 0 Å². The lowest BCUT2D eigenvalue weighted by Crippen LogP contribution is -2.12. The predicted molar refractivity (Wildman–Crippen MR) is 73.1 cm³/mol. The van der Waals surface area contributed by atoms with Crippen LogP contribution in [-0.4, -0.2) is 12.6 Å². The monoisotopic (exact) mass is 239 g/mol. The molecule has 0 amide bonds. The average Bonchev–Trinajstić information content (AvgIpc) is 2.94. The van der Waals surface area contributed by atoms with Gasteiger partial charge in [0.1, 0.15) is 0 Å². The van der Waals surface area contributed by atoms with E-state index in [4.69, 9.17) is 4.84 Å². The van der Waals surface area contributed by atoms with Crippen LogP contribution in [0.1, 0.15) is 12.0 Å². The van der Waals surface area contributed by atoms with Crippen LogP contribution in [0, 0.1) is 0 Å². The summed E-state index contributed by atoms with van der Waals surface area (Å²) in [5.41, 5.74) is 6.80. The molecule has 0 saturated carbocycles. The Labute approximate surface area is 108 Å². The van der Waals surface area contributed by atoms with Gasteiger partial charge >= 0.3 is 0 Å². The van der Waals surface area contributed by atoms with Crippen LogP contribution in [0.15, 0.2) is 54.6 Å². The summed E-state index contributed by atoms with van der Waals surface area (Å²) in [5.74, 6) is 0. The van der Waals surface area contributed by atoms with Crippen LogP contribution in [0.2, 0.25) is 0 Å². The standard InChI is InChI=1S/C16H17NO/c1-2-4-14(5-3-1)15-8-6-13(7-9-15)12-16-10-11-17-18-16/h1-9,16-17H,10-12H2. The molecule has 2 nitrogen and oxygen atoms in total. The second-order valence-corrected chi connectivity index (χ2v) is 4.69. The van der Waals surface area contributed by atoms with Gasteiger partial charge in [-0.1, -0.05) is 54.6 Å². The first-order valence-electron chi connectivity index (χ1n) is 6.45. The fourth-order valence-electron chi connectivity index (χ4n) is 2.33. The highest BCUT2D eigenvalue weighted by Gasteiger charge is 2.15. The lowest BCUT2D eigenvalue weighted by molar-refractivity contribution is 0.0349. The van der Waals surface area contributed by atoms with E-state index >= 15 is 0 Å². The van der Waals surface area contributed by atoms with Crippen molar-refractivity contribution in [1.82, 2.24) is 5.48 Å². The average molecular weight is 239 g/mol. The maximum Gasteiger partial charge on any atom is 0.0843 e. The molecule has 0 aromatic heterocycles. The minimum atomic E-state index is 0.326. The van der Waals surface area contributed by atoms with Gasteiger partial charge in [-0.15, -0.1) is 0 Å². The molecule has 1 heterocycles. The molecule has 3 rings (SSSR count). The van der Waals surface area contributed by atoms with Gasteiger partial charge in [0.2, 0.25) is 0 Å². The van der Waals surface area contributed by atoms with Gasteiger partial charge < -0.3 is 0 Å². The van der Waals surface area contributed by atoms with Gasteiger partial charge in [-0.3, -0.25) is 4.84 Å². The maximum absolute atomic E-state index is 5.42. The fourth-order valence-corrected chi connectivity index (χ4v) is 2.33. The van der Waals surface area contributed by atoms with Crippen molar-refractivity contribution in [3.8, 4) is 11.1 Å². The molecular formula is C16H17NO. The van der Waals surface area contributed by atoms with Crippen molar-refractivity contribution >= 4 is 0 Å². The van der Waals surface area contributed by atoms with Gasteiger partial charge in [-0.25, -0.2) is 5.48 Å². The normalized spacial score (nSPS) is 19.0. The molecule has 0 aliphatic carbocycles. The molecule has 2 heteroatoms. The molecule has 18 heavy (non-hydrogen) atoms. The first-order valence-corrected chi connectivity index (χ1v) is 6.45.